The molecule has 1 aliphatic rings. The van der Waals surface area contributed by atoms with Crippen LogP contribution < -0.4 is 5.32 Å². The van der Waals surface area contributed by atoms with Crippen LogP contribution >= 0.6 is 0 Å². The number of ether oxygens (including phenoxy) is 1. The van der Waals surface area contributed by atoms with Crippen molar-refractivity contribution >= 4 is 6.08 Å². The average Bonchev–Trinajstić information content (AvgIpc) is 2.50. The van der Waals surface area contributed by atoms with Crippen molar-refractivity contribution < 1.29 is 9.53 Å². The molecule has 1 N–H and O–H groups in total. The van der Waals surface area contributed by atoms with Crippen molar-refractivity contribution in [1.29, 1.82) is 0 Å². The molecule has 4 heteroatoms. The topological polar surface area (TPSA) is 50.7 Å². The van der Waals surface area contributed by atoms with Crippen LogP contribution in [-0.2, 0) is 9.53 Å². The monoisotopic (exact) mass is 156 g/mol. The summed E-state index contributed by atoms with van der Waals surface area (Å²) in [5.41, 5.74) is -0.253. The third-order valence-corrected chi connectivity index (χ3v) is 2.07. The van der Waals surface area contributed by atoms with Crippen molar-refractivity contribution in [3.05, 3.63) is 0 Å². The van der Waals surface area contributed by atoms with Crippen LogP contribution in [0.2, 0.25) is 0 Å². The zero-order valence-electron chi connectivity index (χ0n) is 6.59. The van der Waals surface area contributed by atoms with Gasteiger partial charge in [0, 0.05) is 13.7 Å². The van der Waals surface area contributed by atoms with Gasteiger partial charge in [0.2, 0.25) is 6.08 Å². The van der Waals surface area contributed by atoms with E-state index in [2.05, 4.69) is 10.3 Å². The minimum absolute atomic E-state index is 0.253. The van der Waals surface area contributed by atoms with Gasteiger partial charge in [-0.1, -0.05) is 0 Å². The van der Waals surface area contributed by atoms with Crippen LogP contribution in [0.1, 0.15) is 6.42 Å². The van der Waals surface area contributed by atoms with Gasteiger partial charge in [-0.3, -0.25) is 0 Å². The van der Waals surface area contributed by atoms with Crippen LogP contribution in [0.3, 0.4) is 0 Å². The molecular formula is C7H12N2O2. The smallest absolute Gasteiger partial charge is 0.235 e. The van der Waals surface area contributed by atoms with E-state index >= 15 is 0 Å². The van der Waals surface area contributed by atoms with E-state index in [9.17, 15) is 4.79 Å². The molecule has 1 rings (SSSR count). The average molecular weight is 156 g/mol. The highest BCUT2D eigenvalue weighted by atomic mass is 16.5. The maximum absolute atomic E-state index is 9.85. The summed E-state index contributed by atoms with van der Waals surface area (Å²) in [6.45, 7) is 2.12. The lowest BCUT2D eigenvalue weighted by atomic mass is 10.0. The standard InChI is InChI=1S/C7H12N2O2/c1-11-7(5-9-6-10)2-3-8-4-7/h8H,2-5H2,1H3. The molecule has 1 fully saturated rings. The van der Waals surface area contributed by atoms with Crippen LogP contribution in [-0.4, -0.2) is 38.4 Å². The van der Waals surface area contributed by atoms with Gasteiger partial charge in [0.25, 0.3) is 0 Å². The van der Waals surface area contributed by atoms with Crippen molar-refractivity contribution in [3.8, 4) is 0 Å². The summed E-state index contributed by atoms with van der Waals surface area (Å²) in [6, 6.07) is 0. The van der Waals surface area contributed by atoms with Crippen LogP contribution in [0.4, 0.5) is 0 Å². The second-order valence-corrected chi connectivity index (χ2v) is 2.72. The Labute approximate surface area is 65.6 Å². The van der Waals surface area contributed by atoms with Gasteiger partial charge >= 0.3 is 0 Å². The maximum Gasteiger partial charge on any atom is 0.235 e. The van der Waals surface area contributed by atoms with E-state index in [1.165, 1.54) is 6.08 Å². The number of rotatable bonds is 3. The number of methoxy groups -OCH3 is 1. The number of hydrogen-bond acceptors (Lipinski definition) is 4. The largest absolute Gasteiger partial charge is 0.375 e. The van der Waals surface area contributed by atoms with Gasteiger partial charge < -0.3 is 10.1 Å². The Hall–Kier alpha value is -0.700. The molecule has 0 amide bonds. The Morgan fingerprint density at radius 2 is 2.64 bits per heavy atom. The van der Waals surface area contributed by atoms with Crippen molar-refractivity contribution in [2.75, 3.05) is 26.7 Å². The molecule has 1 saturated heterocycles. The molecule has 0 aromatic rings. The number of nitrogens with one attached hydrogen (secondary N) is 1. The predicted octanol–water partition coefficient (Wildman–Crippen LogP) is -0.299. The fraction of sp³-hybridized carbons (Fsp3) is 0.857. The Kier molecular flexibility index (Phi) is 2.76. The predicted molar refractivity (Wildman–Crippen MR) is 40.2 cm³/mol. The lowest BCUT2D eigenvalue weighted by molar-refractivity contribution is 0.0158. The zero-order chi connectivity index (χ0) is 8.16. The molecule has 0 aliphatic carbocycles. The third kappa shape index (κ3) is 1.87. The Bertz CT molecular complexity index is 169. The normalized spacial score (nSPS) is 29.9. The molecule has 1 unspecified atom stereocenters. The molecule has 1 aliphatic heterocycles. The van der Waals surface area contributed by atoms with Crippen LogP contribution in [0.5, 0.6) is 0 Å². The minimum Gasteiger partial charge on any atom is -0.375 e. The Balaban J connectivity index is 2.51. The molecule has 62 valence electrons. The molecule has 0 aromatic heterocycles. The quantitative estimate of drug-likeness (QED) is 0.451. The SMILES string of the molecule is COC1(CN=C=O)CCNC1. The molecule has 0 aromatic carbocycles. The number of carbonyl (C=O) groups excluding carboxylic acids is 1. The van der Waals surface area contributed by atoms with Crippen LogP contribution in [0.25, 0.3) is 0 Å². The molecule has 1 atom stereocenters. The molecular weight excluding hydrogens is 144 g/mol. The van der Waals surface area contributed by atoms with Crippen molar-refractivity contribution in [1.82, 2.24) is 5.32 Å². The maximum atomic E-state index is 9.85. The highest BCUT2D eigenvalue weighted by Crippen LogP contribution is 2.18. The number of hydrogen-bond donors (Lipinski definition) is 1. The highest BCUT2D eigenvalue weighted by Gasteiger charge is 2.33. The first-order valence-corrected chi connectivity index (χ1v) is 3.62. The lowest BCUT2D eigenvalue weighted by Crippen LogP contribution is -2.37. The highest BCUT2D eigenvalue weighted by molar-refractivity contribution is 5.33. The molecule has 0 radical (unpaired) electrons. The third-order valence-electron chi connectivity index (χ3n) is 2.07. The van der Waals surface area contributed by atoms with E-state index in [4.69, 9.17) is 4.74 Å². The second kappa shape index (κ2) is 3.62. The first-order valence-electron chi connectivity index (χ1n) is 3.62. The van der Waals surface area contributed by atoms with Gasteiger partial charge in [-0.05, 0) is 13.0 Å². The number of isocyanates is 1. The summed E-state index contributed by atoms with van der Waals surface area (Å²) in [5.74, 6) is 0. The van der Waals surface area contributed by atoms with Gasteiger partial charge in [0.05, 0.1) is 6.54 Å². The summed E-state index contributed by atoms with van der Waals surface area (Å²) in [4.78, 5) is 13.4. The van der Waals surface area contributed by atoms with Crippen molar-refractivity contribution in [3.63, 3.8) is 0 Å². The van der Waals surface area contributed by atoms with Crippen LogP contribution in [0.15, 0.2) is 4.99 Å². The van der Waals surface area contributed by atoms with Crippen molar-refractivity contribution in [2.45, 2.75) is 12.0 Å². The van der Waals surface area contributed by atoms with E-state index < -0.39 is 0 Å². The lowest BCUT2D eigenvalue weighted by Gasteiger charge is -2.23. The summed E-state index contributed by atoms with van der Waals surface area (Å²) < 4.78 is 5.27. The van der Waals surface area contributed by atoms with Gasteiger partial charge in [-0.2, -0.15) is 0 Å². The minimum atomic E-state index is -0.253. The van der Waals surface area contributed by atoms with Gasteiger partial charge in [0.1, 0.15) is 5.60 Å². The molecule has 4 nitrogen and oxygen atoms in total. The van der Waals surface area contributed by atoms with E-state index in [-0.39, 0.29) is 5.60 Å². The van der Waals surface area contributed by atoms with Gasteiger partial charge in [-0.25, -0.2) is 9.79 Å². The summed E-state index contributed by atoms with van der Waals surface area (Å²) in [6.07, 6.45) is 2.43. The number of nitrogens with zero attached hydrogens (tertiary/aromatic N) is 1. The van der Waals surface area contributed by atoms with E-state index in [0.29, 0.717) is 6.54 Å². The fourth-order valence-electron chi connectivity index (χ4n) is 1.27. The Morgan fingerprint density at radius 1 is 1.82 bits per heavy atom. The summed E-state index contributed by atoms with van der Waals surface area (Å²) in [5, 5.41) is 3.16. The number of aliphatic imine (C=N–C) groups is 1. The molecule has 0 spiro atoms. The van der Waals surface area contributed by atoms with Gasteiger partial charge in [-0.15, -0.1) is 0 Å². The first kappa shape index (κ1) is 8.40. The molecule has 11 heavy (non-hydrogen) atoms. The molecule has 1 heterocycles. The van der Waals surface area contributed by atoms with E-state index in [1.807, 2.05) is 0 Å². The fourth-order valence-corrected chi connectivity index (χ4v) is 1.27. The van der Waals surface area contributed by atoms with Crippen LogP contribution in [0, 0.1) is 0 Å². The van der Waals surface area contributed by atoms with E-state index in [0.717, 1.165) is 19.5 Å². The van der Waals surface area contributed by atoms with E-state index in [1.54, 1.807) is 7.11 Å². The second-order valence-electron chi connectivity index (χ2n) is 2.72. The summed E-state index contributed by atoms with van der Waals surface area (Å²) in [7, 11) is 1.65. The Morgan fingerprint density at radius 3 is 3.09 bits per heavy atom. The van der Waals surface area contributed by atoms with Gasteiger partial charge in [0.15, 0.2) is 0 Å². The first-order chi connectivity index (χ1) is 5.33. The molecule has 0 bridgehead atoms. The molecule has 0 saturated carbocycles. The summed E-state index contributed by atoms with van der Waals surface area (Å²) >= 11 is 0. The van der Waals surface area contributed by atoms with Crippen molar-refractivity contribution in [2.24, 2.45) is 4.99 Å². The zero-order valence-corrected chi connectivity index (χ0v) is 6.59.